The Balaban J connectivity index is 1.30. The summed E-state index contributed by atoms with van der Waals surface area (Å²) in [4.78, 5) is 28.5. The molecule has 11 heteroatoms. The molecule has 11 nitrogen and oxygen atoms in total. The molecular weight excluding hydrogens is 398 g/mol. The first-order valence-corrected chi connectivity index (χ1v) is 9.46. The molecule has 2 aromatic carbocycles. The monoisotopic (exact) mass is 417 g/mol. The van der Waals surface area contributed by atoms with E-state index in [9.17, 15) is 9.59 Å². The molecule has 2 heterocycles. The quantitative estimate of drug-likeness (QED) is 0.467. The van der Waals surface area contributed by atoms with Crippen LogP contribution >= 0.6 is 0 Å². The molecule has 0 saturated carbocycles. The lowest BCUT2D eigenvalue weighted by atomic mass is 10.1. The SMILES string of the molecule is CC(C(=O)Nc1ccc(NC(=O)Cc2ccc(-n3cnnn3)cc2)cc1)n1cncn1. The minimum absolute atomic E-state index is 0.147. The first-order valence-electron chi connectivity index (χ1n) is 9.46. The lowest BCUT2D eigenvalue weighted by Crippen LogP contribution is -2.24. The highest BCUT2D eigenvalue weighted by atomic mass is 16.2. The number of carbonyl (C=O) groups excluding carboxylic acids is 2. The van der Waals surface area contributed by atoms with Gasteiger partial charge in [0.05, 0.1) is 12.1 Å². The maximum absolute atomic E-state index is 12.3. The number of hydrogen-bond donors (Lipinski definition) is 2. The van der Waals surface area contributed by atoms with Gasteiger partial charge in [0.25, 0.3) is 0 Å². The van der Waals surface area contributed by atoms with E-state index in [0.29, 0.717) is 11.4 Å². The number of amides is 2. The summed E-state index contributed by atoms with van der Waals surface area (Å²) >= 11 is 0. The van der Waals surface area contributed by atoms with Gasteiger partial charge in [-0.1, -0.05) is 12.1 Å². The van der Waals surface area contributed by atoms with Gasteiger partial charge in [0.2, 0.25) is 11.8 Å². The third-order valence-electron chi connectivity index (χ3n) is 4.56. The normalized spacial score (nSPS) is 11.6. The zero-order valence-corrected chi connectivity index (χ0v) is 16.6. The largest absolute Gasteiger partial charge is 0.326 e. The van der Waals surface area contributed by atoms with Crippen molar-refractivity contribution in [2.24, 2.45) is 0 Å². The fraction of sp³-hybridized carbons (Fsp3) is 0.150. The van der Waals surface area contributed by atoms with Crippen molar-refractivity contribution >= 4 is 23.2 Å². The summed E-state index contributed by atoms with van der Waals surface area (Å²) in [6, 6.07) is 13.8. The van der Waals surface area contributed by atoms with Crippen LogP contribution < -0.4 is 10.6 Å². The van der Waals surface area contributed by atoms with E-state index in [1.807, 2.05) is 24.3 Å². The summed E-state index contributed by atoms with van der Waals surface area (Å²) in [5, 5.41) is 20.6. The summed E-state index contributed by atoms with van der Waals surface area (Å²) in [6.45, 7) is 1.73. The topological polar surface area (TPSA) is 133 Å². The Hall–Kier alpha value is -4.41. The Morgan fingerprint density at radius 1 is 0.968 bits per heavy atom. The molecule has 0 saturated heterocycles. The molecule has 0 aliphatic carbocycles. The molecule has 4 aromatic rings. The van der Waals surface area contributed by atoms with E-state index in [1.165, 1.54) is 28.3 Å². The molecule has 0 bridgehead atoms. The van der Waals surface area contributed by atoms with Gasteiger partial charge in [-0.25, -0.2) is 14.3 Å². The molecular formula is C20H19N9O2. The molecule has 2 N–H and O–H groups in total. The highest BCUT2D eigenvalue weighted by Crippen LogP contribution is 2.16. The zero-order chi connectivity index (χ0) is 21.6. The zero-order valence-electron chi connectivity index (χ0n) is 16.6. The van der Waals surface area contributed by atoms with Gasteiger partial charge in [-0.2, -0.15) is 5.10 Å². The molecule has 156 valence electrons. The Bertz CT molecular complexity index is 1140. The number of benzene rings is 2. The van der Waals surface area contributed by atoms with E-state index in [0.717, 1.165) is 11.3 Å². The number of nitrogens with one attached hydrogen (secondary N) is 2. The van der Waals surface area contributed by atoms with Crippen LogP contribution in [0.2, 0.25) is 0 Å². The summed E-state index contributed by atoms with van der Waals surface area (Å²) in [7, 11) is 0. The first-order chi connectivity index (χ1) is 15.1. The number of tetrazole rings is 1. The van der Waals surface area contributed by atoms with Crippen LogP contribution in [0.1, 0.15) is 18.5 Å². The van der Waals surface area contributed by atoms with Gasteiger partial charge >= 0.3 is 0 Å². The fourth-order valence-electron chi connectivity index (χ4n) is 2.86. The molecule has 1 atom stereocenters. The minimum Gasteiger partial charge on any atom is -0.326 e. The maximum Gasteiger partial charge on any atom is 0.249 e. The lowest BCUT2D eigenvalue weighted by Gasteiger charge is -2.12. The molecule has 2 aromatic heterocycles. The van der Waals surface area contributed by atoms with E-state index >= 15 is 0 Å². The summed E-state index contributed by atoms with van der Waals surface area (Å²) in [5.41, 5.74) is 2.93. The van der Waals surface area contributed by atoms with Crippen molar-refractivity contribution < 1.29 is 9.59 Å². The molecule has 0 radical (unpaired) electrons. The van der Waals surface area contributed by atoms with E-state index in [2.05, 4.69) is 36.2 Å². The number of nitrogens with zero attached hydrogens (tertiary/aromatic N) is 7. The van der Waals surface area contributed by atoms with Gasteiger partial charge in [0.15, 0.2) is 0 Å². The minimum atomic E-state index is -0.492. The summed E-state index contributed by atoms with van der Waals surface area (Å²) in [5.74, 6) is -0.362. The van der Waals surface area contributed by atoms with Crippen molar-refractivity contribution in [1.29, 1.82) is 0 Å². The third-order valence-corrected chi connectivity index (χ3v) is 4.56. The van der Waals surface area contributed by atoms with Crippen molar-refractivity contribution in [2.45, 2.75) is 19.4 Å². The van der Waals surface area contributed by atoms with Crippen LogP contribution in [-0.4, -0.2) is 46.8 Å². The second-order valence-corrected chi connectivity index (χ2v) is 6.76. The van der Waals surface area contributed by atoms with Crippen LogP contribution in [0.25, 0.3) is 5.69 Å². The van der Waals surface area contributed by atoms with E-state index in [1.54, 1.807) is 31.2 Å². The van der Waals surface area contributed by atoms with E-state index < -0.39 is 6.04 Å². The second kappa shape index (κ2) is 8.95. The highest BCUT2D eigenvalue weighted by molar-refractivity contribution is 5.95. The predicted octanol–water partition coefficient (Wildman–Crippen LogP) is 1.63. The van der Waals surface area contributed by atoms with Gasteiger partial charge in [-0.15, -0.1) is 5.10 Å². The molecule has 0 aliphatic rings. The van der Waals surface area contributed by atoms with Gasteiger partial charge in [0.1, 0.15) is 25.0 Å². The van der Waals surface area contributed by atoms with Gasteiger partial charge in [-0.3, -0.25) is 9.59 Å². The average Bonchev–Trinajstić information content (AvgIpc) is 3.49. The number of aromatic nitrogens is 7. The van der Waals surface area contributed by atoms with E-state index in [-0.39, 0.29) is 18.2 Å². The highest BCUT2D eigenvalue weighted by Gasteiger charge is 2.15. The summed E-state index contributed by atoms with van der Waals surface area (Å²) in [6.07, 6.45) is 4.60. The number of hydrogen-bond acceptors (Lipinski definition) is 7. The van der Waals surface area contributed by atoms with E-state index in [4.69, 9.17) is 0 Å². The predicted molar refractivity (Wildman–Crippen MR) is 111 cm³/mol. The second-order valence-electron chi connectivity index (χ2n) is 6.76. The Morgan fingerprint density at radius 2 is 1.68 bits per heavy atom. The molecule has 2 amide bonds. The lowest BCUT2D eigenvalue weighted by molar-refractivity contribution is -0.119. The van der Waals surface area contributed by atoms with Crippen LogP contribution in [0.15, 0.2) is 67.5 Å². The molecule has 31 heavy (non-hydrogen) atoms. The Morgan fingerprint density at radius 3 is 2.29 bits per heavy atom. The van der Waals surface area contributed by atoms with Crippen LogP contribution in [-0.2, 0) is 16.0 Å². The molecule has 0 aliphatic heterocycles. The number of anilines is 2. The van der Waals surface area contributed by atoms with Crippen LogP contribution in [0, 0.1) is 0 Å². The van der Waals surface area contributed by atoms with Crippen LogP contribution in [0.4, 0.5) is 11.4 Å². The van der Waals surface area contributed by atoms with Gasteiger partial charge in [-0.05, 0) is 59.3 Å². The molecule has 0 spiro atoms. The standard InChI is InChI=1S/C20H19N9O2/c1-14(28-12-21-11-23-28)20(31)25-17-6-4-16(5-7-17)24-19(30)10-15-2-8-18(9-3-15)29-13-22-26-27-29/h2-9,11-14H,10H2,1H3,(H,24,30)(H,25,31). The third kappa shape index (κ3) is 4.96. The smallest absolute Gasteiger partial charge is 0.249 e. The maximum atomic E-state index is 12.3. The van der Waals surface area contributed by atoms with Crippen LogP contribution in [0.5, 0.6) is 0 Å². The van der Waals surface area contributed by atoms with Gasteiger partial charge in [0, 0.05) is 11.4 Å². The average molecular weight is 417 g/mol. The van der Waals surface area contributed by atoms with Crippen molar-refractivity contribution in [2.75, 3.05) is 10.6 Å². The number of rotatable bonds is 7. The Kier molecular flexibility index (Phi) is 5.74. The Labute approximate surface area is 177 Å². The van der Waals surface area contributed by atoms with Crippen molar-refractivity contribution in [3.8, 4) is 5.69 Å². The summed E-state index contributed by atoms with van der Waals surface area (Å²) < 4.78 is 3.01. The van der Waals surface area contributed by atoms with Crippen molar-refractivity contribution in [3.05, 3.63) is 73.1 Å². The van der Waals surface area contributed by atoms with Crippen molar-refractivity contribution in [3.63, 3.8) is 0 Å². The fourth-order valence-corrected chi connectivity index (χ4v) is 2.86. The van der Waals surface area contributed by atoms with Crippen LogP contribution in [0.3, 0.4) is 0 Å². The molecule has 4 rings (SSSR count). The van der Waals surface area contributed by atoms with Gasteiger partial charge < -0.3 is 10.6 Å². The number of carbonyl (C=O) groups is 2. The van der Waals surface area contributed by atoms with Crippen molar-refractivity contribution in [1.82, 2.24) is 35.0 Å². The molecule has 0 fully saturated rings. The molecule has 1 unspecified atom stereocenters. The first kappa shape index (κ1) is 19.9.